The first kappa shape index (κ1) is 19.1. The van der Waals surface area contributed by atoms with E-state index in [9.17, 15) is 9.59 Å². The first-order valence-electron chi connectivity index (χ1n) is 9.44. The second-order valence-electron chi connectivity index (χ2n) is 7.49. The van der Waals surface area contributed by atoms with Gasteiger partial charge < -0.3 is 10.2 Å². The van der Waals surface area contributed by atoms with Gasteiger partial charge in [-0.2, -0.15) is 0 Å². The molecule has 1 N–H and O–H groups in total. The molecule has 142 valence electrons. The van der Waals surface area contributed by atoms with Crippen molar-refractivity contribution in [2.24, 2.45) is 11.8 Å². The van der Waals surface area contributed by atoms with Crippen molar-refractivity contribution < 1.29 is 9.59 Å². The molecule has 2 aliphatic rings. The number of nitrogens with zero attached hydrogens (tertiary/aromatic N) is 3. The largest absolute Gasteiger partial charge is 0.342 e. The van der Waals surface area contributed by atoms with Gasteiger partial charge in [-0.3, -0.25) is 14.5 Å². The number of piperidine rings is 2. The zero-order valence-corrected chi connectivity index (χ0v) is 16.0. The van der Waals surface area contributed by atoms with E-state index in [1.54, 1.807) is 12.1 Å². The highest BCUT2D eigenvalue weighted by atomic mass is 35.5. The molecular weight excluding hydrogens is 352 g/mol. The topological polar surface area (TPSA) is 65.5 Å². The fourth-order valence-corrected chi connectivity index (χ4v) is 3.75. The number of halogens is 1. The van der Waals surface area contributed by atoms with Gasteiger partial charge in [0.15, 0.2) is 0 Å². The second-order valence-corrected chi connectivity index (χ2v) is 7.92. The van der Waals surface area contributed by atoms with Gasteiger partial charge in [0.05, 0.1) is 17.5 Å². The molecule has 1 unspecified atom stereocenters. The summed E-state index contributed by atoms with van der Waals surface area (Å²) < 4.78 is 0. The van der Waals surface area contributed by atoms with Gasteiger partial charge in [-0.25, -0.2) is 4.98 Å². The van der Waals surface area contributed by atoms with Crippen molar-refractivity contribution in [1.29, 1.82) is 0 Å². The van der Waals surface area contributed by atoms with Crippen molar-refractivity contribution in [3.63, 3.8) is 0 Å². The number of nitrogens with one attached hydrogen (secondary N) is 1. The lowest BCUT2D eigenvalue weighted by atomic mass is 9.96. The van der Waals surface area contributed by atoms with E-state index < -0.39 is 0 Å². The van der Waals surface area contributed by atoms with Crippen LogP contribution in [-0.2, 0) is 9.59 Å². The summed E-state index contributed by atoms with van der Waals surface area (Å²) in [7, 11) is 0. The molecule has 26 heavy (non-hydrogen) atoms. The highest BCUT2D eigenvalue weighted by molar-refractivity contribution is 6.30. The summed E-state index contributed by atoms with van der Waals surface area (Å²) >= 11 is 5.82. The lowest BCUT2D eigenvalue weighted by molar-refractivity contribution is -0.135. The Morgan fingerprint density at radius 3 is 2.69 bits per heavy atom. The summed E-state index contributed by atoms with van der Waals surface area (Å²) in [6.45, 7) is 5.87. The monoisotopic (exact) mass is 378 g/mol. The first-order chi connectivity index (χ1) is 12.5. The summed E-state index contributed by atoms with van der Waals surface area (Å²) in [5.41, 5.74) is 0. The van der Waals surface area contributed by atoms with E-state index in [0.717, 1.165) is 45.3 Å². The Hall–Kier alpha value is -1.66. The van der Waals surface area contributed by atoms with Crippen LogP contribution in [0.2, 0.25) is 5.02 Å². The number of anilines is 1. The maximum absolute atomic E-state index is 12.5. The molecule has 3 rings (SSSR count). The van der Waals surface area contributed by atoms with Gasteiger partial charge in [-0.15, -0.1) is 0 Å². The zero-order valence-electron chi connectivity index (χ0n) is 15.3. The average molecular weight is 379 g/mol. The number of hydrogen-bond acceptors (Lipinski definition) is 4. The van der Waals surface area contributed by atoms with Crippen LogP contribution in [0.25, 0.3) is 0 Å². The molecule has 2 amide bonds. The number of amides is 2. The van der Waals surface area contributed by atoms with Gasteiger partial charge in [-0.1, -0.05) is 18.5 Å². The fraction of sp³-hybridized carbons (Fsp3) is 0.632. The van der Waals surface area contributed by atoms with Gasteiger partial charge in [0, 0.05) is 25.8 Å². The summed E-state index contributed by atoms with van der Waals surface area (Å²) in [6, 6.07) is 3.40. The predicted molar refractivity (Wildman–Crippen MR) is 102 cm³/mol. The van der Waals surface area contributed by atoms with Gasteiger partial charge in [0.1, 0.15) is 5.82 Å². The molecule has 1 aromatic rings. The van der Waals surface area contributed by atoms with Crippen LogP contribution in [0.3, 0.4) is 0 Å². The summed E-state index contributed by atoms with van der Waals surface area (Å²) in [5, 5.41) is 3.39. The van der Waals surface area contributed by atoms with Crippen molar-refractivity contribution in [3.05, 3.63) is 23.4 Å². The Labute approximate surface area is 159 Å². The van der Waals surface area contributed by atoms with E-state index in [1.165, 1.54) is 6.20 Å². The summed E-state index contributed by atoms with van der Waals surface area (Å²) in [4.78, 5) is 33.2. The van der Waals surface area contributed by atoms with Crippen molar-refractivity contribution in [2.45, 2.75) is 32.6 Å². The lowest BCUT2D eigenvalue weighted by Gasteiger charge is -2.35. The van der Waals surface area contributed by atoms with Gasteiger partial charge >= 0.3 is 0 Å². The molecule has 0 bridgehead atoms. The lowest BCUT2D eigenvalue weighted by Crippen LogP contribution is -2.48. The number of aromatic nitrogens is 1. The molecule has 0 aliphatic carbocycles. The molecule has 1 aromatic heterocycles. The van der Waals surface area contributed by atoms with Gasteiger partial charge in [0.2, 0.25) is 11.8 Å². The smallest absolute Gasteiger partial charge is 0.236 e. The minimum atomic E-state index is -0.115. The molecular formula is C19H27ClN4O2. The SMILES string of the molecule is CC1CCN(C(=O)CN2CCCC(C(=O)Nc3ccc(Cl)cn3)C2)CC1. The Bertz CT molecular complexity index is 629. The number of likely N-dealkylation sites (tertiary alicyclic amines) is 2. The molecule has 2 fully saturated rings. The number of rotatable bonds is 4. The van der Waals surface area contributed by atoms with E-state index in [0.29, 0.717) is 29.8 Å². The summed E-state index contributed by atoms with van der Waals surface area (Å²) in [5.74, 6) is 1.26. The third kappa shape index (κ3) is 5.17. The van der Waals surface area contributed by atoms with Crippen molar-refractivity contribution in [1.82, 2.24) is 14.8 Å². The molecule has 2 saturated heterocycles. The molecule has 0 aromatic carbocycles. The Balaban J connectivity index is 1.49. The molecule has 7 heteroatoms. The molecule has 6 nitrogen and oxygen atoms in total. The van der Waals surface area contributed by atoms with E-state index >= 15 is 0 Å². The van der Waals surface area contributed by atoms with Crippen molar-refractivity contribution >= 4 is 29.2 Å². The maximum Gasteiger partial charge on any atom is 0.236 e. The number of carbonyl (C=O) groups is 2. The van der Waals surface area contributed by atoms with E-state index in [1.807, 2.05) is 4.90 Å². The first-order valence-corrected chi connectivity index (χ1v) is 9.81. The Morgan fingerprint density at radius 2 is 2.00 bits per heavy atom. The average Bonchev–Trinajstić information content (AvgIpc) is 2.64. The Kier molecular flexibility index (Phi) is 6.48. The van der Waals surface area contributed by atoms with Crippen LogP contribution < -0.4 is 5.32 Å². The highest BCUT2D eigenvalue weighted by Crippen LogP contribution is 2.20. The van der Waals surface area contributed by atoms with Crippen LogP contribution in [-0.4, -0.2) is 59.3 Å². The maximum atomic E-state index is 12.5. The second kappa shape index (κ2) is 8.82. The fourth-order valence-electron chi connectivity index (χ4n) is 3.64. The number of carbonyl (C=O) groups excluding carboxylic acids is 2. The molecule has 0 spiro atoms. The van der Waals surface area contributed by atoms with E-state index in [4.69, 9.17) is 11.6 Å². The van der Waals surface area contributed by atoms with Crippen LogP contribution in [0.1, 0.15) is 32.6 Å². The molecule has 0 radical (unpaired) electrons. The van der Waals surface area contributed by atoms with E-state index in [2.05, 4.69) is 22.1 Å². The number of hydrogen-bond donors (Lipinski definition) is 1. The van der Waals surface area contributed by atoms with Gasteiger partial charge in [0.25, 0.3) is 0 Å². The standard InChI is InChI=1S/C19H27ClN4O2/c1-14-6-9-24(10-7-14)18(25)13-23-8-2-3-15(12-23)19(26)22-17-5-4-16(20)11-21-17/h4-5,11,14-15H,2-3,6-10,12-13H2,1H3,(H,21,22,26). The molecule has 2 aliphatic heterocycles. The minimum absolute atomic E-state index is 0.0382. The predicted octanol–water partition coefficient (Wildman–Crippen LogP) is 2.64. The molecule has 0 saturated carbocycles. The molecule has 3 heterocycles. The van der Waals surface area contributed by atoms with Crippen LogP contribution in [0.4, 0.5) is 5.82 Å². The van der Waals surface area contributed by atoms with Gasteiger partial charge in [-0.05, 0) is 50.3 Å². The zero-order chi connectivity index (χ0) is 18.5. The quantitative estimate of drug-likeness (QED) is 0.874. The number of pyridine rings is 1. The van der Waals surface area contributed by atoms with Crippen LogP contribution in [0.15, 0.2) is 18.3 Å². The third-order valence-electron chi connectivity index (χ3n) is 5.35. The summed E-state index contributed by atoms with van der Waals surface area (Å²) in [6.07, 6.45) is 5.46. The Morgan fingerprint density at radius 1 is 1.23 bits per heavy atom. The third-order valence-corrected chi connectivity index (χ3v) is 5.57. The normalized spacial score (nSPS) is 22.2. The van der Waals surface area contributed by atoms with Crippen molar-refractivity contribution in [2.75, 3.05) is 38.0 Å². The van der Waals surface area contributed by atoms with Crippen LogP contribution >= 0.6 is 11.6 Å². The highest BCUT2D eigenvalue weighted by Gasteiger charge is 2.29. The van der Waals surface area contributed by atoms with Crippen molar-refractivity contribution in [3.8, 4) is 0 Å². The molecule has 1 atom stereocenters. The van der Waals surface area contributed by atoms with Crippen LogP contribution in [0.5, 0.6) is 0 Å². The van der Waals surface area contributed by atoms with E-state index in [-0.39, 0.29) is 17.7 Å². The van der Waals surface area contributed by atoms with Crippen LogP contribution in [0, 0.1) is 11.8 Å². The minimum Gasteiger partial charge on any atom is -0.342 e.